The number of amides is 2. The topological polar surface area (TPSA) is 80.6 Å². The molecule has 1 saturated heterocycles. The van der Waals surface area contributed by atoms with Gasteiger partial charge in [-0.1, -0.05) is 6.07 Å². The molecule has 12 heteroatoms. The molecule has 0 bridgehead atoms. The Morgan fingerprint density at radius 1 is 1.12 bits per heavy atom. The van der Waals surface area contributed by atoms with Gasteiger partial charge in [0.2, 0.25) is 11.8 Å². The fourth-order valence-electron chi connectivity index (χ4n) is 4.88. The van der Waals surface area contributed by atoms with Crippen LogP contribution in [0, 0.1) is 11.7 Å². The van der Waals surface area contributed by atoms with E-state index in [-0.39, 0.29) is 12.3 Å². The number of anilines is 1. The van der Waals surface area contributed by atoms with Crippen molar-refractivity contribution in [3.05, 3.63) is 59.5 Å². The van der Waals surface area contributed by atoms with Gasteiger partial charge in [0.25, 0.3) is 0 Å². The molecule has 2 aromatic carbocycles. The molecule has 7 nitrogen and oxygen atoms in total. The molecule has 1 N–H and O–H groups in total. The Kier molecular flexibility index (Phi) is 7.28. The average molecular weight is 564 g/mol. The number of alkyl halides is 4. The summed E-state index contributed by atoms with van der Waals surface area (Å²) in [4.78, 5) is 39.5. The lowest BCUT2D eigenvalue weighted by Crippen LogP contribution is -2.44. The Labute approximate surface area is 225 Å². The summed E-state index contributed by atoms with van der Waals surface area (Å²) in [6.45, 7) is 1.18. The molecule has 2 atom stereocenters. The number of carbonyl (C=O) groups excluding carboxylic acids is 3. The third kappa shape index (κ3) is 5.66. The fourth-order valence-corrected chi connectivity index (χ4v) is 4.88. The maximum atomic E-state index is 14.5. The first-order valence-corrected chi connectivity index (χ1v) is 12.8. The number of hydrogen-bond donors (Lipinski definition) is 1. The average Bonchev–Trinajstić information content (AvgIpc) is 3.53. The molecule has 212 valence electrons. The SMILES string of the molecule is CC(=O)c1cn(CC(=O)N2C[C@H](F)C[C@H]2C(=O)Nc2cccc(C(F)(F)F)c2F)c2cc(OCC3CC3)ccc12. The molecule has 1 aliphatic heterocycles. The van der Waals surface area contributed by atoms with Gasteiger partial charge < -0.3 is 19.5 Å². The minimum absolute atomic E-state index is 0.229. The molecule has 5 rings (SSSR count). The van der Waals surface area contributed by atoms with Crippen LogP contribution in [0.3, 0.4) is 0 Å². The number of aromatic nitrogens is 1. The van der Waals surface area contributed by atoms with Crippen LogP contribution in [0.5, 0.6) is 5.75 Å². The van der Waals surface area contributed by atoms with Gasteiger partial charge >= 0.3 is 6.18 Å². The van der Waals surface area contributed by atoms with Crippen LogP contribution in [0.25, 0.3) is 10.9 Å². The number of Topliss-reactive ketones (excluding diaryl/α,β-unsaturated/α-hetero) is 1. The summed E-state index contributed by atoms with van der Waals surface area (Å²) >= 11 is 0. The van der Waals surface area contributed by atoms with Gasteiger partial charge in [-0.3, -0.25) is 14.4 Å². The van der Waals surface area contributed by atoms with E-state index in [0.717, 1.165) is 29.9 Å². The third-order valence-electron chi connectivity index (χ3n) is 7.16. The number of halogens is 5. The number of likely N-dealkylation sites (tertiary alicyclic amines) is 1. The Bertz CT molecular complexity index is 1480. The van der Waals surface area contributed by atoms with E-state index in [0.29, 0.717) is 40.8 Å². The minimum Gasteiger partial charge on any atom is -0.493 e. The van der Waals surface area contributed by atoms with Crippen molar-refractivity contribution in [3.63, 3.8) is 0 Å². The minimum atomic E-state index is -4.98. The molecule has 2 aliphatic rings. The van der Waals surface area contributed by atoms with E-state index in [1.807, 2.05) is 0 Å². The molecule has 1 saturated carbocycles. The summed E-state index contributed by atoms with van der Waals surface area (Å²) in [6, 6.07) is 6.22. The monoisotopic (exact) mass is 563 g/mol. The van der Waals surface area contributed by atoms with E-state index in [1.54, 1.807) is 18.2 Å². The van der Waals surface area contributed by atoms with Gasteiger partial charge in [-0.2, -0.15) is 13.2 Å². The van der Waals surface area contributed by atoms with Crippen molar-refractivity contribution in [2.45, 2.75) is 51.1 Å². The van der Waals surface area contributed by atoms with Crippen molar-refractivity contribution in [2.75, 3.05) is 18.5 Å². The maximum absolute atomic E-state index is 14.5. The van der Waals surface area contributed by atoms with Crippen molar-refractivity contribution in [3.8, 4) is 5.75 Å². The number of hydrogen-bond acceptors (Lipinski definition) is 4. The molecule has 1 aromatic heterocycles. The van der Waals surface area contributed by atoms with Crippen LogP contribution in [0.1, 0.15) is 42.1 Å². The highest BCUT2D eigenvalue weighted by Crippen LogP contribution is 2.35. The molecule has 0 spiro atoms. The number of carbonyl (C=O) groups is 3. The second-order valence-corrected chi connectivity index (χ2v) is 10.2. The van der Waals surface area contributed by atoms with Crippen molar-refractivity contribution in [2.24, 2.45) is 5.92 Å². The number of rotatable bonds is 8. The van der Waals surface area contributed by atoms with Crippen LogP contribution < -0.4 is 10.1 Å². The van der Waals surface area contributed by atoms with E-state index >= 15 is 0 Å². The van der Waals surface area contributed by atoms with Gasteiger partial charge in [0.15, 0.2) is 11.6 Å². The van der Waals surface area contributed by atoms with Gasteiger partial charge in [-0.15, -0.1) is 0 Å². The number of nitrogens with one attached hydrogen (secondary N) is 1. The summed E-state index contributed by atoms with van der Waals surface area (Å²) in [5.74, 6) is -2.50. The number of fused-ring (bicyclic) bond motifs is 1. The lowest BCUT2D eigenvalue weighted by molar-refractivity contribution is -0.140. The number of benzene rings is 2. The highest BCUT2D eigenvalue weighted by atomic mass is 19.4. The van der Waals surface area contributed by atoms with Gasteiger partial charge in [-0.05, 0) is 49.9 Å². The lowest BCUT2D eigenvalue weighted by Gasteiger charge is -2.24. The predicted octanol–water partition coefficient (Wildman–Crippen LogP) is 5.37. The summed E-state index contributed by atoms with van der Waals surface area (Å²) in [7, 11) is 0. The third-order valence-corrected chi connectivity index (χ3v) is 7.16. The first-order chi connectivity index (χ1) is 18.9. The van der Waals surface area contributed by atoms with E-state index in [2.05, 4.69) is 5.32 Å². The van der Waals surface area contributed by atoms with Crippen molar-refractivity contribution < 1.29 is 41.1 Å². The Morgan fingerprint density at radius 2 is 1.88 bits per heavy atom. The summed E-state index contributed by atoms with van der Waals surface area (Å²) in [5, 5.41) is 2.67. The van der Waals surface area contributed by atoms with E-state index in [4.69, 9.17) is 4.74 Å². The van der Waals surface area contributed by atoms with Crippen molar-refractivity contribution >= 4 is 34.2 Å². The Hall–Kier alpha value is -3.96. The normalized spacial score (nSPS) is 19.2. The summed E-state index contributed by atoms with van der Waals surface area (Å²) < 4.78 is 75.5. The second-order valence-electron chi connectivity index (χ2n) is 10.2. The van der Waals surface area contributed by atoms with E-state index in [9.17, 15) is 36.3 Å². The van der Waals surface area contributed by atoms with Crippen LogP contribution in [0.15, 0.2) is 42.6 Å². The molecule has 2 amide bonds. The van der Waals surface area contributed by atoms with Gasteiger partial charge in [0.1, 0.15) is 24.5 Å². The molecular weight excluding hydrogens is 537 g/mol. The molecule has 2 fully saturated rings. The van der Waals surface area contributed by atoms with E-state index < -0.39 is 60.2 Å². The van der Waals surface area contributed by atoms with E-state index in [1.165, 1.54) is 17.7 Å². The van der Waals surface area contributed by atoms with Crippen molar-refractivity contribution in [1.29, 1.82) is 0 Å². The van der Waals surface area contributed by atoms with Crippen LogP contribution in [-0.2, 0) is 22.3 Å². The quantitative estimate of drug-likeness (QED) is 0.295. The van der Waals surface area contributed by atoms with Crippen molar-refractivity contribution in [1.82, 2.24) is 9.47 Å². The maximum Gasteiger partial charge on any atom is 0.419 e. The predicted molar refractivity (Wildman–Crippen MR) is 135 cm³/mol. The molecule has 0 radical (unpaired) electrons. The fraction of sp³-hybridized carbons (Fsp3) is 0.393. The summed E-state index contributed by atoms with van der Waals surface area (Å²) in [5.41, 5.74) is -1.38. The first kappa shape index (κ1) is 27.6. The lowest BCUT2D eigenvalue weighted by atomic mass is 10.1. The largest absolute Gasteiger partial charge is 0.493 e. The molecular formula is C28H26F5N3O4. The zero-order valence-corrected chi connectivity index (χ0v) is 21.4. The van der Waals surface area contributed by atoms with Crippen LogP contribution >= 0.6 is 0 Å². The molecule has 0 unspecified atom stereocenters. The second kappa shape index (κ2) is 10.5. The van der Waals surface area contributed by atoms with Gasteiger partial charge in [0.05, 0.1) is 29.9 Å². The first-order valence-electron chi connectivity index (χ1n) is 12.8. The van der Waals surface area contributed by atoms with Crippen LogP contribution in [-0.4, -0.2) is 52.4 Å². The Morgan fingerprint density at radius 3 is 2.55 bits per heavy atom. The standard InChI is InChI=1S/C28H26F5N3O4/c1-15(37)20-12-35(23-10-18(7-8-19(20)23)40-14-16-5-6-16)13-25(38)36-11-17(29)9-24(36)27(39)34-22-4-2-3-21(26(22)30)28(31,32)33/h2-4,7-8,10,12,16-17,24H,5-6,9,11,13-14H2,1H3,(H,34,39)/t17-,24+/m1/s1. The summed E-state index contributed by atoms with van der Waals surface area (Å²) in [6.07, 6.45) is -3.24. The number of ketones is 1. The molecule has 2 heterocycles. The molecule has 3 aromatic rings. The van der Waals surface area contributed by atoms with Gasteiger partial charge in [0, 0.05) is 29.6 Å². The molecule has 1 aliphatic carbocycles. The number of ether oxygens (including phenoxy) is 1. The number of nitrogens with zero attached hydrogens (tertiary/aromatic N) is 2. The smallest absolute Gasteiger partial charge is 0.419 e. The molecule has 40 heavy (non-hydrogen) atoms. The highest BCUT2D eigenvalue weighted by Gasteiger charge is 2.41. The zero-order valence-electron chi connectivity index (χ0n) is 21.4. The highest BCUT2D eigenvalue weighted by molar-refractivity contribution is 6.07. The van der Waals surface area contributed by atoms with Gasteiger partial charge in [-0.25, -0.2) is 8.78 Å². The Balaban J connectivity index is 1.37. The zero-order chi connectivity index (χ0) is 28.8. The van der Waals surface area contributed by atoms with Crippen LogP contribution in [0.4, 0.5) is 27.6 Å². The van der Waals surface area contributed by atoms with Crippen LogP contribution in [0.2, 0.25) is 0 Å².